The standard InChI is InChI=1S/C22H19F5N6/c1-3-11(2)20-30-17-14(23)5-4-6-15(17)33(20)21-31-18(28)16(24)19(32-21)29-13-9-7-12(8-10-13)22(25,26)27/h4-11H,3H2,1-2H3,(H3,28,29,31,32). The van der Waals surface area contributed by atoms with Gasteiger partial charge >= 0.3 is 6.18 Å². The number of nitrogens with two attached hydrogens (primary N) is 1. The van der Waals surface area contributed by atoms with Crippen molar-refractivity contribution < 1.29 is 22.0 Å². The van der Waals surface area contributed by atoms with Crippen LogP contribution in [0.2, 0.25) is 0 Å². The van der Waals surface area contributed by atoms with Crippen LogP contribution in [-0.4, -0.2) is 19.5 Å². The van der Waals surface area contributed by atoms with Crippen molar-refractivity contribution in [1.29, 1.82) is 0 Å². The molecule has 0 bridgehead atoms. The SMILES string of the molecule is CCC(C)c1nc2c(F)cccc2n1-c1nc(N)c(F)c(Nc2ccc(C(F)(F)F)cc2)n1. The van der Waals surface area contributed by atoms with Crippen LogP contribution in [0.25, 0.3) is 17.0 Å². The number of nitrogen functional groups attached to an aromatic ring is 1. The molecule has 0 amide bonds. The van der Waals surface area contributed by atoms with Crippen LogP contribution >= 0.6 is 0 Å². The number of fused-ring (bicyclic) bond motifs is 1. The minimum atomic E-state index is -4.50. The van der Waals surface area contributed by atoms with Crippen molar-refractivity contribution in [2.45, 2.75) is 32.4 Å². The molecule has 3 N–H and O–H groups in total. The van der Waals surface area contributed by atoms with E-state index in [1.54, 1.807) is 6.07 Å². The van der Waals surface area contributed by atoms with E-state index in [0.29, 0.717) is 17.8 Å². The molecule has 172 valence electrons. The lowest BCUT2D eigenvalue weighted by Gasteiger charge is -2.15. The Morgan fingerprint density at radius 2 is 1.73 bits per heavy atom. The van der Waals surface area contributed by atoms with Crippen LogP contribution in [0.3, 0.4) is 0 Å². The van der Waals surface area contributed by atoms with Crippen molar-refractivity contribution in [3.05, 3.63) is 65.5 Å². The van der Waals surface area contributed by atoms with Crippen LogP contribution in [0.15, 0.2) is 42.5 Å². The van der Waals surface area contributed by atoms with Crippen molar-refractivity contribution >= 4 is 28.4 Å². The molecule has 11 heteroatoms. The normalized spacial score (nSPS) is 12.8. The molecular formula is C22H19F5N6. The molecule has 0 saturated carbocycles. The average Bonchev–Trinajstić information content (AvgIpc) is 3.17. The molecule has 4 aromatic rings. The van der Waals surface area contributed by atoms with Gasteiger partial charge in [-0.15, -0.1) is 0 Å². The Kier molecular flexibility index (Phi) is 5.64. The van der Waals surface area contributed by atoms with E-state index in [4.69, 9.17) is 5.73 Å². The Balaban J connectivity index is 1.83. The van der Waals surface area contributed by atoms with Gasteiger partial charge in [0.2, 0.25) is 11.8 Å². The van der Waals surface area contributed by atoms with Gasteiger partial charge in [-0.1, -0.05) is 19.9 Å². The van der Waals surface area contributed by atoms with Gasteiger partial charge in [0.15, 0.2) is 17.5 Å². The number of hydrogen-bond acceptors (Lipinski definition) is 5. The van der Waals surface area contributed by atoms with Crippen LogP contribution in [-0.2, 0) is 6.18 Å². The minimum Gasteiger partial charge on any atom is -0.381 e. The first-order valence-electron chi connectivity index (χ1n) is 10.0. The molecule has 0 radical (unpaired) electrons. The lowest BCUT2D eigenvalue weighted by molar-refractivity contribution is -0.137. The van der Waals surface area contributed by atoms with Crippen molar-refractivity contribution in [2.75, 3.05) is 11.1 Å². The van der Waals surface area contributed by atoms with Gasteiger partial charge in [-0.2, -0.15) is 27.5 Å². The van der Waals surface area contributed by atoms with Gasteiger partial charge in [0, 0.05) is 11.6 Å². The molecule has 0 saturated heterocycles. The molecule has 1 unspecified atom stereocenters. The third-order valence-electron chi connectivity index (χ3n) is 5.25. The smallest absolute Gasteiger partial charge is 0.381 e. The highest BCUT2D eigenvalue weighted by Gasteiger charge is 2.30. The van der Waals surface area contributed by atoms with Gasteiger partial charge in [0.05, 0.1) is 11.1 Å². The van der Waals surface area contributed by atoms with Gasteiger partial charge in [-0.3, -0.25) is 4.57 Å². The highest BCUT2D eigenvalue weighted by Crippen LogP contribution is 2.32. The van der Waals surface area contributed by atoms with Crippen LogP contribution in [0, 0.1) is 11.6 Å². The fourth-order valence-electron chi connectivity index (χ4n) is 3.32. The third kappa shape index (κ3) is 4.18. The minimum absolute atomic E-state index is 0.0493. The maximum atomic E-state index is 14.7. The van der Waals surface area contributed by atoms with E-state index in [0.717, 1.165) is 24.3 Å². The van der Waals surface area contributed by atoms with Gasteiger partial charge in [-0.05, 0) is 42.8 Å². The molecule has 0 fully saturated rings. The average molecular weight is 462 g/mol. The zero-order valence-electron chi connectivity index (χ0n) is 17.6. The first kappa shape index (κ1) is 22.4. The summed E-state index contributed by atoms with van der Waals surface area (Å²) in [6.45, 7) is 3.83. The molecule has 0 aliphatic heterocycles. The van der Waals surface area contributed by atoms with Gasteiger partial charge in [-0.25, -0.2) is 9.37 Å². The second kappa shape index (κ2) is 8.30. The van der Waals surface area contributed by atoms with E-state index in [-0.39, 0.29) is 28.9 Å². The van der Waals surface area contributed by atoms with E-state index < -0.39 is 29.2 Å². The van der Waals surface area contributed by atoms with E-state index >= 15 is 0 Å². The number of anilines is 3. The van der Waals surface area contributed by atoms with Crippen molar-refractivity contribution in [1.82, 2.24) is 19.5 Å². The lowest BCUT2D eigenvalue weighted by atomic mass is 10.1. The van der Waals surface area contributed by atoms with Crippen LogP contribution in [0.1, 0.15) is 37.6 Å². The summed E-state index contributed by atoms with van der Waals surface area (Å²) >= 11 is 0. The number of nitrogens with zero attached hydrogens (tertiary/aromatic N) is 4. The fraction of sp³-hybridized carbons (Fsp3) is 0.227. The summed E-state index contributed by atoms with van der Waals surface area (Å²) in [5.74, 6) is -2.03. The summed E-state index contributed by atoms with van der Waals surface area (Å²) in [7, 11) is 0. The first-order valence-corrected chi connectivity index (χ1v) is 10.0. The van der Waals surface area contributed by atoms with Crippen molar-refractivity contribution in [3.8, 4) is 5.95 Å². The zero-order valence-corrected chi connectivity index (χ0v) is 17.6. The second-order valence-corrected chi connectivity index (χ2v) is 7.49. The number of imidazole rings is 1. The molecule has 4 rings (SSSR count). The summed E-state index contributed by atoms with van der Waals surface area (Å²) in [5, 5.41) is 2.63. The first-order chi connectivity index (χ1) is 15.6. The molecule has 1 atom stereocenters. The van der Waals surface area contributed by atoms with E-state index in [9.17, 15) is 22.0 Å². The van der Waals surface area contributed by atoms with Gasteiger partial charge < -0.3 is 11.1 Å². The fourth-order valence-corrected chi connectivity index (χ4v) is 3.32. The largest absolute Gasteiger partial charge is 0.416 e. The number of aromatic nitrogens is 4. The molecule has 0 aliphatic rings. The van der Waals surface area contributed by atoms with Crippen LogP contribution in [0.5, 0.6) is 0 Å². The molecule has 2 aromatic heterocycles. The number of rotatable bonds is 5. The Morgan fingerprint density at radius 1 is 1.03 bits per heavy atom. The Morgan fingerprint density at radius 3 is 2.36 bits per heavy atom. The number of hydrogen-bond donors (Lipinski definition) is 2. The highest BCUT2D eigenvalue weighted by atomic mass is 19.4. The van der Waals surface area contributed by atoms with Crippen molar-refractivity contribution in [3.63, 3.8) is 0 Å². The number of para-hydroxylation sites is 1. The number of halogens is 5. The van der Waals surface area contributed by atoms with Gasteiger partial charge in [0.25, 0.3) is 0 Å². The number of nitrogens with one attached hydrogen (secondary N) is 1. The van der Waals surface area contributed by atoms with Crippen molar-refractivity contribution in [2.24, 2.45) is 0 Å². The van der Waals surface area contributed by atoms with E-state index in [1.165, 1.54) is 16.7 Å². The summed E-state index contributed by atoms with van der Waals surface area (Å²) in [6, 6.07) is 8.42. The maximum absolute atomic E-state index is 14.7. The molecule has 0 spiro atoms. The van der Waals surface area contributed by atoms with E-state index in [2.05, 4.69) is 20.3 Å². The molecular weight excluding hydrogens is 443 g/mol. The van der Waals surface area contributed by atoms with Crippen LogP contribution in [0.4, 0.5) is 39.3 Å². The molecule has 0 aliphatic carbocycles. The quantitative estimate of drug-likeness (QED) is 0.358. The third-order valence-corrected chi connectivity index (χ3v) is 5.25. The summed E-state index contributed by atoms with van der Waals surface area (Å²) < 4.78 is 69.0. The Bertz CT molecular complexity index is 1310. The number of alkyl halides is 3. The maximum Gasteiger partial charge on any atom is 0.416 e. The molecule has 6 nitrogen and oxygen atoms in total. The molecule has 2 heterocycles. The predicted molar refractivity (Wildman–Crippen MR) is 114 cm³/mol. The topological polar surface area (TPSA) is 81.7 Å². The monoisotopic (exact) mass is 462 g/mol. The van der Waals surface area contributed by atoms with E-state index in [1.807, 2.05) is 13.8 Å². The Hall–Kier alpha value is -3.76. The zero-order chi connectivity index (χ0) is 23.9. The van der Waals surface area contributed by atoms with Crippen LogP contribution < -0.4 is 11.1 Å². The highest BCUT2D eigenvalue weighted by molar-refractivity contribution is 5.78. The summed E-state index contributed by atoms with van der Waals surface area (Å²) in [4.78, 5) is 12.6. The van der Waals surface area contributed by atoms with Gasteiger partial charge in [0.1, 0.15) is 11.3 Å². The second-order valence-electron chi connectivity index (χ2n) is 7.49. The number of benzene rings is 2. The molecule has 33 heavy (non-hydrogen) atoms. The lowest BCUT2D eigenvalue weighted by Crippen LogP contribution is -2.13. The molecule has 2 aromatic carbocycles. The Labute approximate surface area is 185 Å². The summed E-state index contributed by atoms with van der Waals surface area (Å²) in [6.07, 6.45) is -3.82. The predicted octanol–water partition coefficient (Wildman–Crippen LogP) is 5.95. The summed E-state index contributed by atoms with van der Waals surface area (Å²) in [5.41, 5.74) is 5.57.